The van der Waals surface area contributed by atoms with Gasteiger partial charge in [-0.25, -0.2) is 8.42 Å². The summed E-state index contributed by atoms with van der Waals surface area (Å²) in [6, 6.07) is 8.24. The molecule has 0 heterocycles. The fraction of sp³-hybridized carbons (Fsp3) is 0.200. The molecule has 0 aliphatic carbocycles. The van der Waals surface area contributed by atoms with Gasteiger partial charge in [0.15, 0.2) is 0 Å². The summed E-state index contributed by atoms with van der Waals surface area (Å²) >= 11 is 0. The van der Waals surface area contributed by atoms with Crippen molar-refractivity contribution < 1.29 is 13.2 Å². The van der Waals surface area contributed by atoms with Crippen LogP contribution in [0.15, 0.2) is 46.4 Å². The van der Waals surface area contributed by atoms with Crippen LogP contribution in [0.25, 0.3) is 0 Å². The summed E-state index contributed by atoms with van der Waals surface area (Å²) in [5, 5.41) is 1.11. The van der Waals surface area contributed by atoms with Crippen LogP contribution in [0, 0.1) is 0 Å². The van der Waals surface area contributed by atoms with Crippen LogP contribution in [0.4, 0.5) is 0 Å². The Kier molecular flexibility index (Phi) is 3.30. The molecule has 1 rings (SSSR count). The molecule has 0 saturated heterocycles. The Bertz CT molecular complexity index is 418. The maximum atomic E-state index is 11.6. The van der Waals surface area contributed by atoms with Crippen molar-refractivity contribution in [3.05, 3.63) is 41.5 Å². The van der Waals surface area contributed by atoms with E-state index in [-0.39, 0.29) is 4.90 Å². The third-order valence-electron chi connectivity index (χ3n) is 1.71. The molecule has 0 atom stereocenters. The van der Waals surface area contributed by atoms with Crippen molar-refractivity contribution in [2.75, 3.05) is 7.11 Å². The minimum Gasteiger partial charge on any atom is -0.501 e. The molecule has 0 aliphatic heterocycles. The van der Waals surface area contributed by atoms with Crippen LogP contribution < -0.4 is 0 Å². The van der Waals surface area contributed by atoms with Gasteiger partial charge in [0.05, 0.1) is 17.4 Å². The molecule has 0 spiro atoms. The van der Waals surface area contributed by atoms with Crippen LogP contribution in [0.1, 0.15) is 6.92 Å². The Morgan fingerprint density at radius 3 is 2.36 bits per heavy atom. The molecule has 0 amide bonds. The molecule has 0 unspecified atom stereocenters. The molecule has 3 nitrogen and oxygen atoms in total. The minimum absolute atomic E-state index is 0.274. The molecule has 1 aromatic carbocycles. The quantitative estimate of drug-likeness (QED) is 0.719. The average molecular weight is 212 g/mol. The minimum atomic E-state index is -3.36. The molecule has 0 saturated carbocycles. The number of ether oxygens (including phenoxy) is 1. The van der Waals surface area contributed by atoms with Gasteiger partial charge < -0.3 is 4.74 Å². The zero-order chi connectivity index (χ0) is 10.6. The van der Waals surface area contributed by atoms with Crippen molar-refractivity contribution in [1.82, 2.24) is 0 Å². The van der Waals surface area contributed by atoms with Crippen molar-refractivity contribution in [2.24, 2.45) is 0 Å². The lowest BCUT2D eigenvalue weighted by molar-refractivity contribution is 0.294. The molecular weight excluding hydrogens is 200 g/mol. The molecule has 4 heteroatoms. The number of hydrogen-bond acceptors (Lipinski definition) is 3. The zero-order valence-corrected chi connectivity index (χ0v) is 8.91. The van der Waals surface area contributed by atoms with E-state index in [0.717, 1.165) is 5.41 Å². The number of hydrogen-bond donors (Lipinski definition) is 0. The normalized spacial score (nSPS) is 12.6. The first-order valence-electron chi connectivity index (χ1n) is 4.08. The highest BCUT2D eigenvalue weighted by atomic mass is 32.2. The topological polar surface area (TPSA) is 43.4 Å². The number of benzene rings is 1. The molecule has 1 aromatic rings. The number of rotatable bonds is 3. The monoisotopic (exact) mass is 212 g/mol. The fourth-order valence-corrected chi connectivity index (χ4v) is 2.15. The summed E-state index contributed by atoms with van der Waals surface area (Å²) in [6.07, 6.45) is 0. The maximum Gasteiger partial charge on any atom is 0.203 e. The van der Waals surface area contributed by atoms with Crippen molar-refractivity contribution in [1.29, 1.82) is 0 Å². The van der Waals surface area contributed by atoms with Gasteiger partial charge in [-0.15, -0.1) is 0 Å². The third-order valence-corrected chi connectivity index (χ3v) is 3.29. The van der Waals surface area contributed by atoms with Gasteiger partial charge in [0, 0.05) is 0 Å². The van der Waals surface area contributed by atoms with Crippen molar-refractivity contribution in [3.63, 3.8) is 0 Å². The van der Waals surface area contributed by atoms with Crippen LogP contribution in [-0.4, -0.2) is 15.5 Å². The molecule has 76 valence electrons. The van der Waals surface area contributed by atoms with Gasteiger partial charge in [0.25, 0.3) is 0 Å². The molecule has 0 bridgehead atoms. The average Bonchev–Trinajstić information content (AvgIpc) is 2.18. The standard InChI is InChI=1S/C10H12O3S/c1-9(13-2)8-14(11,12)10-6-4-3-5-7-10/h3-8H,1-2H3/b9-8-. The maximum absolute atomic E-state index is 11.6. The Morgan fingerprint density at radius 2 is 1.86 bits per heavy atom. The van der Waals surface area contributed by atoms with Crippen LogP contribution >= 0.6 is 0 Å². The van der Waals surface area contributed by atoms with E-state index < -0.39 is 9.84 Å². The summed E-state index contributed by atoms with van der Waals surface area (Å²) in [5.41, 5.74) is 0. The largest absolute Gasteiger partial charge is 0.501 e. The molecule has 0 radical (unpaired) electrons. The van der Waals surface area contributed by atoms with Crippen molar-refractivity contribution in [3.8, 4) is 0 Å². The van der Waals surface area contributed by atoms with E-state index in [0.29, 0.717) is 5.76 Å². The van der Waals surface area contributed by atoms with E-state index in [4.69, 9.17) is 4.74 Å². The van der Waals surface area contributed by atoms with Gasteiger partial charge in [0.1, 0.15) is 5.76 Å². The number of allylic oxidation sites excluding steroid dienone is 1. The highest BCUT2D eigenvalue weighted by molar-refractivity contribution is 7.94. The second-order valence-electron chi connectivity index (χ2n) is 2.79. The molecular formula is C10H12O3S. The number of methoxy groups -OCH3 is 1. The highest BCUT2D eigenvalue weighted by Gasteiger charge is 2.10. The van der Waals surface area contributed by atoms with Crippen molar-refractivity contribution >= 4 is 9.84 Å². The van der Waals surface area contributed by atoms with E-state index in [1.54, 1.807) is 37.3 Å². The lowest BCUT2D eigenvalue weighted by Gasteiger charge is -2.00. The molecule has 0 aliphatic rings. The predicted octanol–water partition coefficient (Wildman–Crippen LogP) is 1.97. The fourth-order valence-electron chi connectivity index (χ4n) is 0.945. The zero-order valence-electron chi connectivity index (χ0n) is 8.10. The Morgan fingerprint density at radius 1 is 1.29 bits per heavy atom. The first-order valence-corrected chi connectivity index (χ1v) is 5.63. The van der Waals surface area contributed by atoms with E-state index in [1.165, 1.54) is 7.11 Å². The lowest BCUT2D eigenvalue weighted by Crippen LogP contribution is -1.97. The van der Waals surface area contributed by atoms with E-state index in [9.17, 15) is 8.42 Å². The van der Waals surface area contributed by atoms with Crippen LogP contribution in [-0.2, 0) is 14.6 Å². The van der Waals surface area contributed by atoms with Gasteiger partial charge in [-0.3, -0.25) is 0 Å². The van der Waals surface area contributed by atoms with Crippen LogP contribution in [0.3, 0.4) is 0 Å². The van der Waals surface area contributed by atoms with Gasteiger partial charge >= 0.3 is 0 Å². The summed E-state index contributed by atoms with van der Waals surface area (Å²) in [4.78, 5) is 0.274. The van der Waals surface area contributed by atoms with Gasteiger partial charge in [0.2, 0.25) is 9.84 Å². The smallest absolute Gasteiger partial charge is 0.203 e. The van der Waals surface area contributed by atoms with E-state index in [2.05, 4.69) is 0 Å². The summed E-state index contributed by atoms with van der Waals surface area (Å²) in [6.45, 7) is 1.60. The molecule has 14 heavy (non-hydrogen) atoms. The highest BCUT2D eigenvalue weighted by Crippen LogP contribution is 2.13. The SMILES string of the molecule is CO/C(C)=C\S(=O)(=O)c1ccccc1. The summed E-state index contributed by atoms with van der Waals surface area (Å²) in [5.74, 6) is 0.369. The Labute approximate surface area is 83.9 Å². The van der Waals surface area contributed by atoms with E-state index >= 15 is 0 Å². The van der Waals surface area contributed by atoms with Gasteiger partial charge in [-0.2, -0.15) is 0 Å². The second kappa shape index (κ2) is 4.28. The molecule has 0 N–H and O–H groups in total. The van der Waals surface area contributed by atoms with Crippen LogP contribution in [0.5, 0.6) is 0 Å². The lowest BCUT2D eigenvalue weighted by atomic mass is 10.4. The van der Waals surface area contributed by atoms with E-state index in [1.807, 2.05) is 0 Å². The predicted molar refractivity (Wildman–Crippen MR) is 54.4 cm³/mol. The van der Waals surface area contributed by atoms with Gasteiger partial charge in [-0.1, -0.05) is 18.2 Å². The Hall–Kier alpha value is -1.29. The molecule has 0 aromatic heterocycles. The van der Waals surface area contributed by atoms with Crippen LogP contribution in [0.2, 0.25) is 0 Å². The van der Waals surface area contributed by atoms with Crippen molar-refractivity contribution in [2.45, 2.75) is 11.8 Å². The Balaban J connectivity index is 3.11. The summed E-state index contributed by atoms with van der Waals surface area (Å²) in [7, 11) is -1.92. The first-order chi connectivity index (χ1) is 6.56. The second-order valence-corrected chi connectivity index (χ2v) is 4.59. The summed E-state index contributed by atoms with van der Waals surface area (Å²) < 4.78 is 28.1. The van der Waals surface area contributed by atoms with Gasteiger partial charge in [-0.05, 0) is 19.1 Å². The molecule has 0 fully saturated rings. The number of sulfone groups is 1. The first kappa shape index (κ1) is 10.8. The third kappa shape index (κ3) is 2.60.